The molecule has 6 aromatic rings. The number of halogens is 4. The van der Waals surface area contributed by atoms with Crippen LogP contribution < -0.4 is 9.05 Å². The maximum absolute atomic E-state index is 13.7. The summed E-state index contributed by atoms with van der Waals surface area (Å²) in [6.07, 6.45) is 0. The molecule has 0 spiro atoms. The summed E-state index contributed by atoms with van der Waals surface area (Å²) in [6, 6.07) is 43.6. The van der Waals surface area contributed by atoms with Gasteiger partial charge >= 0.3 is 8.25 Å². The summed E-state index contributed by atoms with van der Waals surface area (Å²) in [5.41, 5.74) is 7.43. The molecule has 0 bridgehead atoms. The zero-order chi connectivity index (χ0) is 30.6. The molecule has 6 rings (SSSR count). The fourth-order valence-electron chi connectivity index (χ4n) is 4.96. The number of hydrogen-bond donors (Lipinski definition) is 0. The van der Waals surface area contributed by atoms with Crippen LogP contribution in [0.2, 0.25) is 0 Å². The molecule has 0 heterocycles. The van der Waals surface area contributed by atoms with Crippen LogP contribution in [0.1, 0.15) is 0 Å². The van der Waals surface area contributed by atoms with Crippen molar-refractivity contribution in [2.75, 3.05) is 0 Å². The Hall–Kier alpha value is -3.06. The van der Waals surface area contributed by atoms with Crippen LogP contribution in [0.25, 0.3) is 44.5 Å². The third kappa shape index (κ3) is 7.09. The molecule has 0 N–H and O–H groups in total. The van der Waals surface area contributed by atoms with Gasteiger partial charge in [0.2, 0.25) is 0 Å². The van der Waals surface area contributed by atoms with E-state index in [1.807, 2.05) is 133 Å². The van der Waals surface area contributed by atoms with Gasteiger partial charge in [-0.1, -0.05) is 137 Å². The second-order valence-corrected chi connectivity index (χ2v) is 14.3. The molecular formula is C36H22Br4O3P+. The highest BCUT2D eigenvalue weighted by atomic mass is 79.9. The molecule has 0 unspecified atom stereocenters. The number of hydrogen-bond acceptors (Lipinski definition) is 3. The second-order valence-electron chi connectivity index (χ2n) is 9.79. The van der Waals surface area contributed by atoms with E-state index in [2.05, 4.69) is 63.7 Å². The molecule has 0 saturated carbocycles. The first kappa shape index (κ1) is 30.9. The van der Waals surface area contributed by atoms with Gasteiger partial charge in [0, 0.05) is 33.6 Å². The van der Waals surface area contributed by atoms with Crippen LogP contribution in [0.5, 0.6) is 11.5 Å². The minimum atomic E-state index is -2.62. The van der Waals surface area contributed by atoms with Gasteiger partial charge in [-0.2, -0.15) is 0 Å². The van der Waals surface area contributed by atoms with Gasteiger partial charge in [-0.05, 0) is 94.0 Å². The highest BCUT2D eigenvalue weighted by Crippen LogP contribution is 2.46. The molecule has 3 nitrogen and oxygen atoms in total. The van der Waals surface area contributed by atoms with Crippen LogP contribution in [-0.2, 0) is 4.57 Å². The Balaban J connectivity index is 1.40. The summed E-state index contributed by atoms with van der Waals surface area (Å²) in [5.74, 6) is 0.922. The Kier molecular flexibility index (Phi) is 9.80. The largest absolute Gasteiger partial charge is 0.805 e. The standard InChI is InChI=1S/C36H22Br4O3P/c37-27-15-7-23(8-16-27)31-3-1-5-33(35(31)25-11-19-29(39)20-12-25)42-44(41)43-34-6-2-4-32(24-9-17-28(38)18-10-24)36(34)26-13-21-30(40)22-14-26/h1-22H/q+1. The minimum absolute atomic E-state index is 0.461. The first-order valence-corrected chi connectivity index (χ1v) is 17.8. The van der Waals surface area contributed by atoms with Crippen LogP contribution in [0.4, 0.5) is 0 Å². The van der Waals surface area contributed by atoms with Gasteiger partial charge in [0.25, 0.3) is 0 Å². The van der Waals surface area contributed by atoms with Crippen LogP contribution in [-0.4, -0.2) is 0 Å². The maximum Gasteiger partial charge on any atom is 0.805 e. The van der Waals surface area contributed by atoms with Crippen molar-refractivity contribution in [2.45, 2.75) is 0 Å². The molecule has 0 saturated heterocycles. The maximum atomic E-state index is 13.7. The summed E-state index contributed by atoms with van der Waals surface area (Å²) < 4.78 is 29.9. The van der Waals surface area contributed by atoms with Crippen molar-refractivity contribution in [2.24, 2.45) is 0 Å². The van der Waals surface area contributed by atoms with Crippen molar-refractivity contribution in [1.82, 2.24) is 0 Å². The zero-order valence-corrected chi connectivity index (χ0v) is 30.1. The van der Waals surface area contributed by atoms with Gasteiger partial charge in [0.05, 0.1) is 0 Å². The third-order valence-electron chi connectivity index (χ3n) is 6.97. The van der Waals surface area contributed by atoms with Gasteiger partial charge in [0.1, 0.15) is 0 Å². The fourth-order valence-corrected chi connectivity index (χ4v) is 6.68. The van der Waals surface area contributed by atoms with E-state index in [1.165, 1.54) is 0 Å². The van der Waals surface area contributed by atoms with Crippen LogP contribution in [0.3, 0.4) is 0 Å². The first-order valence-electron chi connectivity index (χ1n) is 13.5. The predicted molar refractivity (Wildman–Crippen MR) is 194 cm³/mol. The molecule has 0 atom stereocenters. The molecular weight excluding hydrogens is 831 g/mol. The lowest BCUT2D eigenvalue weighted by atomic mass is 9.94. The Morgan fingerprint density at radius 1 is 0.386 bits per heavy atom. The van der Waals surface area contributed by atoms with E-state index in [1.54, 1.807) is 0 Å². The molecule has 0 aliphatic rings. The van der Waals surface area contributed by atoms with Gasteiger partial charge in [-0.25, -0.2) is 9.05 Å². The van der Waals surface area contributed by atoms with E-state index in [0.29, 0.717) is 11.5 Å². The van der Waals surface area contributed by atoms with Crippen molar-refractivity contribution in [3.8, 4) is 56.0 Å². The summed E-state index contributed by atoms with van der Waals surface area (Å²) in [6.45, 7) is 0. The second kappa shape index (κ2) is 13.9. The summed E-state index contributed by atoms with van der Waals surface area (Å²) in [7, 11) is -2.62. The Labute approximate surface area is 290 Å². The average Bonchev–Trinajstić information content (AvgIpc) is 3.03. The van der Waals surface area contributed by atoms with Crippen molar-refractivity contribution >= 4 is 72.0 Å². The Morgan fingerprint density at radius 3 is 1.00 bits per heavy atom. The molecule has 0 radical (unpaired) electrons. The zero-order valence-electron chi connectivity index (χ0n) is 22.9. The van der Waals surface area contributed by atoms with E-state index in [9.17, 15) is 4.57 Å². The van der Waals surface area contributed by atoms with E-state index in [0.717, 1.165) is 62.4 Å². The molecule has 44 heavy (non-hydrogen) atoms. The number of rotatable bonds is 8. The van der Waals surface area contributed by atoms with Crippen LogP contribution in [0.15, 0.2) is 151 Å². The Bertz CT molecular complexity index is 1800. The normalized spacial score (nSPS) is 10.8. The van der Waals surface area contributed by atoms with E-state index < -0.39 is 8.25 Å². The average molecular weight is 853 g/mol. The van der Waals surface area contributed by atoms with E-state index >= 15 is 0 Å². The quantitative estimate of drug-likeness (QED) is 0.143. The van der Waals surface area contributed by atoms with Crippen LogP contribution in [0, 0.1) is 0 Å². The molecule has 6 aromatic carbocycles. The van der Waals surface area contributed by atoms with Crippen molar-refractivity contribution < 1.29 is 13.6 Å². The lowest BCUT2D eigenvalue weighted by molar-refractivity contribution is 0.417. The topological polar surface area (TPSA) is 35.5 Å². The third-order valence-corrected chi connectivity index (χ3v) is 9.78. The molecule has 0 aliphatic heterocycles. The highest BCUT2D eigenvalue weighted by Gasteiger charge is 2.30. The van der Waals surface area contributed by atoms with E-state index in [-0.39, 0.29) is 0 Å². The van der Waals surface area contributed by atoms with Gasteiger partial charge in [-0.3, -0.25) is 0 Å². The Morgan fingerprint density at radius 2 is 0.682 bits per heavy atom. The molecule has 0 aromatic heterocycles. The van der Waals surface area contributed by atoms with Crippen molar-refractivity contribution in [3.05, 3.63) is 151 Å². The smallest absolute Gasteiger partial charge is 0.221 e. The van der Waals surface area contributed by atoms with Crippen molar-refractivity contribution in [3.63, 3.8) is 0 Å². The van der Waals surface area contributed by atoms with Crippen LogP contribution >= 0.6 is 72.0 Å². The van der Waals surface area contributed by atoms with Gasteiger partial charge in [0.15, 0.2) is 11.5 Å². The molecule has 0 amide bonds. The predicted octanol–water partition coefficient (Wildman–Crippen LogP) is 13.5. The molecule has 0 aliphatic carbocycles. The summed E-state index contributed by atoms with van der Waals surface area (Å²) >= 11 is 14.1. The van der Waals surface area contributed by atoms with Gasteiger partial charge in [-0.15, -0.1) is 0 Å². The summed E-state index contributed by atoms with van der Waals surface area (Å²) in [5, 5.41) is 0. The molecule has 0 fully saturated rings. The first-order chi connectivity index (χ1) is 21.4. The highest BCUT2D eigenvalue weighted by molar-refractivity contribution is 9.11. The molecule has 216 valence electrons. The van der Waals surface area contributed by atoms with Crippen molar-refractivity contribution in [1.29, 1.82) is 0 Å². The number of benzene rings is 6. The lowest BCUT2D eigenvalue weighted by Crippen LogP contribution is -1.96. The summed E-state index contributed by atoms with van der Waals surface area (Å²) in [4.78, 5) is 0. The minimum Gasteiger partial charge on any atom is -0.221 e. The van der Waals surface area contributed by atoms with E-state index in [4.69, 9.17) is 9.05 Å². The fraction of sp³-hybridized carbons (Fsp3) is 0. The SMILES string of the molecule is O=[P+](Oc1cccc(-c2ccc(Br)cc2)c1-c1ccc(Br)cc1)Oc1cccc(-c2ccc(Br)cc2)c1-c1ccc(Br)cc1. The molecule has 8 heteroatoms. The van der Waals surface area contributed by atoms with Gasteiger partial charge < -0.3 is 0 Å². The monoisotopic (exact) mass is 849 g/mol. The lowest BCUT2D eigenvalue weighted by Gasteiger charge is -2.14.